The Balaban J connectivity index is 1.89. The summed E-state index contributed by atoms with van der Waals surface area (Å²) in [7, 11) is 1.19. The van der Waals surface area contributed by atoms with Gasteiger partial charge in [0.15, 0.2) is 6.61 Å². The van der Waals surface area contributed by atoms with Crippen molar-refractivity contribution < 1.29 is 37.0 Å². The number of benzene rings is 2. The van der Waals surface area contributed by atoms with Crippen molar-refractivity contribution in [2.45, 2.75) is 22.9 Å². The molecule has 1 N–H and O–H groups in total. The highest BCUT2D eigenvalue weighted by Crippen LogP contribution is 2.36. The quantitative estimate of drug-likeness (QED) is 0.500. The van der Waals surface area contributed by atoms with Gasteiger partial charge < -0.3 is 14.8 Å². The molecule has 0 fully saturated rings. The summed E-state index contributed by atoms with van der Waals surface area (Å²) in [5.74, 6) is -2.26. The molecule has 0 radical (unpaired) electrons. The lowest BCUT2D eigenvalue weighted by molar-refractivity contribution is -0.145. The fraction of sp³-hybridized carbons (Fsp3) is 0.250. The average Bonchev–Trinajstić information content (AvgIpc) is 2.71. The maximum Gasteiger partial charge on any atom is 0.446 e. The van der Waals surface area contributed by atoms with Crippen molar-refractivity contribution in [3.63, 3.8) is 0 Å². The molecule has 30 heavy (non-hydrogen) atoms. The van der Waals surface area contributed by atoms with Crippen molar-refractivity contribution in [1.29, 1.82) is 0 Å². The van der Waals surface area contributed by atoms with Crippen molar-refractivity contribution in [3.8, 4) is 0 Å². The predicted octanol–water partition coefficient (Wildman–Crippen LogP) is 3.36. The number of thioether (sulfide) groups is 1. The summed E-state index contributed by atoms with van der Waals surface area (Å²) < 4.78 is 46.5. The third kappa shape index (κ3) is 7.78. The van der Waals surface area contributed by atoms with E-state index in [4.69, 9.17) is 4.74 Å². The molecule has 2 aromatic carbocycles. The molecule has 10 heteroatoms. The van der Waals surface area contributed by atoms with Crippen LogP contribution in [0, 0.1) is 0 Å². The van der Waals surface area contributed by atoms with Crippen LogP contribution in [0.3, 0.4) is 0 Å². The van der Waals surface area contributed by atoms with Crippen molar-refractivity contribution in [3.05, 3.63) is 65.7 Å². The number of nitrogens with one attached hydrogen (secondary N) is 1. The average molecular weight is 441 g/mol. The van der Waals surface area contributed by atoms with Crippen LogP contribution < -0.4 is 5.32 Å². The van der Waals surface area contributed by atoms with Crippen LogP contribution in [0.15, 0.2) is 59.5 Å². The van der Waals surface area contributed by atoms with Gasteiger partial charge in [-0.15, -0.1) is 0 Å². The van der Waals surface area contributed by atoms with Gasteiger partial charge in [0.05, 0.1) is 12.7 Å². The van der Waals surface area contributed by atoms with Crippen LogP contribution in [0.2, 0.25) is 0 Å². The molecular formula is C20H18F3NO5S. The minimum Gasteiger partial charge on any atom is -0.467 e. The van der Waals surface area contributed by atoms with E-state index < -0.39 is 36.0 Å². The summed E-state index contributed by atoms with van der Waals surface area (Å²) in [4.78, 5) is 35.9. The fourth-order valence-electron chi connectivity index (χ4n) is 2.43. The second kappa shape index (κ2) is 10.7. The lowest BCUT2D eigenvalue weighted by Crippen LogP contribution is -2.44. The van der Waals surface area contributed by atoms with E-state index in [0.717, 1.165) is 17.7 Å². The van der Waals surface area contributed by atoms with Gasteiger partial charge in [-0.3, -0.25) is 4.79 Å². The zero-order valence-electron chi connectivity index (χ0n) is 15.8. The number of halogens is 3. The van der Waals surface area contributed by atoms with Gasteiger partial charge in [-0.05, 0) is 41.6 Å². The van der Waals surface area contributed by atoms with E-state index in [2.05, 4.69) is 10.1 Å². The minimum absolute atomic E-state index is 0.0110. The van der Waals surface area contributed by atoms with E-state index in [9.17, 15) is 27.6 Å². The molecule has 6 nitrogen and oxygen atoms in total. The number of carbonyl (C=O) groups excluding carboxylic acids is 3. The molecule has 0 aliphatic rings. The lowest BCUT2D eigenvalue weighted by Gasteiger charge is -2.16. The first-order valence-electron chi connectivity index (χ1n) is 8.62. The summed E-state index contributed by atoms with van der Waals surface area (Å²) in [6.07, 6.45) is 0.186. The van der Waals surface area contributed by atoms with Crippen molar-refractivity contribution in [2.24, 2.45) is 0 Å². The molecule has 1 unspecified atom stereocenters. The van der Waals surface area contributed by atoms with E-state index in [-0.39, 0.29) is 28.6 Å². The maximum absolute atomic E-state index is 12.3. The molecule has 0 aliphatic heterocycles. The Labute approximate surface area is 174 Å². The van der Waals surface area contributed by atoms with Crippen LogP contribution in [0.5, 0.6) is 0 Å². The van der Waals surface area contributed by atoms with E-state index in [1.807, 2.05) is 6.07 Å². The smallest absolute Gasteiger partial charge is 0.446 e. The second-order valence-electron chi connectivity index (χ2n) is 5.98. The Kier molecular flexibility index (Phi) is 8.28. The number of esters is 2. The van der Waals surface area contributed by atoms with Gasteiger partial charge in [-0.2, -0.15) is 13.2 Å². The number of methoxy groups -OCH3 is 1. The topological polar surface area (TPSA) is 81.7 Å². The molecule has 2 aromatic rings. The Hall–Kier alpha value is -3.01. The van der Waals surface area contributed by atoms with Gasteiger partial charge in [0.25, 0.3) is 5.91 Å². The number of ether oxygens (including phenoxy) is 2. The molecular weight excluding hydrogens is 423 g/mol. The van der Waals surface area contributed by atoms with Gasteiger partial charge in [0.1, 0.15) is 6.04 Å². The highest BCUT2D eigenvalue weighted by atomic mass is 32.2. The van der Waals surface area contributed by atoms with Gasteiger partial charge in [0, 0.05) is 11.3 Å². The number of alkyl halides is 3. The third-order valence-corrected chi connectivity index (χ3v) is 4.50. The molecule has 0 aliphatic carbocycles. The van der Waals surface area contributed by atoms with Crippen LogP contribution in [-0.4, -0.2) is 43.1 Å². The van der Waals surface area contributed by atoms with Crippen LogP contribution in [0.25, 0.3) is 0 Å². The Morgan fingerprint density at radius 2 is 1.67 bits per heavy atom. The minimum atomic E-state index is -4.43. The SMILES string of the molecule is COC(=O)C(Cc1ccccc1)NC(=O)COC(=O)c1ccc(SC(F)(F)F)cc1. The number of hydrogen-bond acceptors (Lipinski definition) is 6. The van der Waals surface area contributed by atoms with E-state index in [1.165, 1.54) is 19.2 Å². The summed E-state index contributed by atoms with van der Waals surface area (Å²) in [5, 5.41) is 2.44. The fourth-order valence-corrected chi connectivity index (χ4v) is 2.97. The second-order valence-corrected chi connectivity index (χ2v) is 7.12. The number of hydrogen-bond donors (Lipinski definition) is 1. The molecule has 0 aromatic heterocycles. The van der Waals surface area contributed by atoms with Crippen molar-refractivity contribution >= 4 is 29.6 Å². The Morgan fingerprint density at radius 3 is 2.23 bits per heavy atom. The molecule has 1 atom stereocenters. The summed E-state index contributed by atoms with van der Waals surface area (Å²) >= 11 is -0.308. The van der Waals surface area contributed by atoms with E-state index in [0.29, 0.717) is 0 Å². The van der Waals surface area contributed by atoms with Crippen LogP contribution in [0.4, 0.5) is 13.2 Å². The Morgan fingerprint density at radius 1 is 1.03 bits per heavy atom. The van der Waals surface area contributed by atoms with Gasteiger partial charge >= 0.3 is 17.4 Å². The van der Waals surface area contributed by atoms with Gasteiger partial charge in [-0.1, -0.05) is 30.3 Å². The molecule has 2 rings (SSSR count). The van der Waals surface area contributed by atoms with Crippen LogP contribution in [0.1, 0.15) is 15.9 Å². The van der Waals surface area contributed by atoms with Gasteiger partial charge in [-0.25, -0.2) is 9.59 Å². The maximum atomic E-state index is 12.3. The first-order chi connectivity index (χ1) is 14.2. The number of amides is 1. The number of carbonyl (C=O) groups is 3. The van der Waals surface area contributed by atoms with Gasteiger partial charge in [0.2, 0.25) is 0 Å². The van der Waals surface area contributed by atoms with Crippen LogP contribution in [-0.2, 0) is 25.5 Å². The summed E-state index contributed by atoms with van der Waals surface area (Å²) in [5.41, 5.74) is -3.65. The predicted molar refractivity (Wildman–Crippen MR) is 103 cm³/mol. The molecule has 0 saturated carbocycles. The van der Waals surface area contributed by atoms with Crippen LogP contribution >= 0.6 is 11.8 Å². The molecule has 1 amide bonds. The lowest BCUT2D eigenvalue weighted by atomic mass is 10.1. The summed E-state index contributed by atoms with van der Waals surface area (Å²) in [6, 6.07) is 12.6. The molecule has 160 valence electrons. The van der Waals surface area contributed by atoms with E-state index in [1.54, 1.807) is 24.3 Å². The molecule has 0 spiro atoms. The zero-order valence-corrected chi connectivity index (χ0v) is 16.6. The first kappa shape index (κ1) is 23.3. The molecule has 0 saturated heterocycles. The van der Waals surface area contributed by atoms with E-state index >= 15 is 0 Å². The third-order valence-electron chi connectivity index (χ3n) is 3.76. The largest absolute Gasteiger partial charge is 0.467 e. The molecule has 0 heterocycles. The Bertz CT molecular complexity index is 872. The van der Waals surface area contributed by atoms with Crippen molar-refractivity contribution in [2.75, 3.05) is 13.7 Å². The standard InChI is InChI=1S/C20H18F3NO5S/c1-28-19(27)16(11-13-5-3-2-4-6-13)24-17(25)12-29-18(26)14-7-9-15(10-8-14)30-20(21,22)23/h2-10,16H,11-12H2,1H3,(H,24,25). The van der Waals surface area contributed by atoms with Crippen molar-refractivity contribution in [1.82, 2.24) is 5.32 Å². The highest BCUT2D eigenvalue weighted by molar-refractivity contribution is 8.00. The normalized spacial score (nSPS) is 12.0. The monoisotopic (exact) mass is 441 g/mol. The summed E-state index contributed by atoms with van der Waals surface area (Å²) in [6.45, 7) is -0.666. The highest BCUT2D eigenvalue weighted by Gasteiger charge is 2.29. The molecule has 0 bridgehead atoms. The first-order valence-corrected chi connectivity index (χ1v) is 9.43. The number of rotatable bonds is 8. The zero-order chi connectivity index (χ0) is 22.1.